The molecule has 0 bridgehead atoms. The highest BCUT2D eigenvalue weighted by atomic mass is 32.2. The van der Waals surface area contributed by atoms with Crippen molar-refractivity contribution >= 4 is 27.4 Å². The van der Waals surface area contributed by atoms with Crippen LogP contribution in [0.15, 0.2) is 45.4 Å². The molecule has 0 radical (unpaired) electrons. The summed E-state index contributed by atoms with van der Waals surface area (Å²) in [6.07, 6.45) is 3.01. The Morgan fingerprint density at radius 3 is 2.40 bits per heavy atom. The SMILES string of the molecule is COc1ccc(S(=O)(=O)c2cnc(SC)nc2N)cc1. The first-order valence-electron chi connectivity index (χ1n) is 5.54. The van der Waals surface area contributed by atoms with E-state index in [1.165, 1.54) is 37.2 Å². The molecule has 1 aromatic carbocycles. The minimum atomic E-state index is -3.73. The summed E-state index contributed by atoms with van der Waals surface area (Å²) in [6, 6.07) is 6.05. The Labute approximate surface area is 121 Å². The minimum absolute atomic E-state index is 0.0554. The smallest absolute Gasteiger partial charge is 0.211 e. The first-order valence-corrected chi connectivity index (χ1v) is 8.25. The molecule has 0 saturated carbocycles. The molecular formula is C12H13N3O3S2. The van der Waals surface area contributed by atoms with Crippen LogP contribution in [-0.2, 0) is 9.84 Å². The monoisotopic (exact) mass is 311 g/mol. The molecule has 0 aliphatic carbocycles. The van der Waals surface area contributed by atoms with Crippen LogP contribution >= 0.6 is 11.8 Å². The van der Waals surface area contributed by atoms with Crippen molar-refractivity contribution in [2.75, 3.05) is 19.1 Å². The third-order valence-electron chi connectivity index (χ3n) is 2.60. The lowest BCUT2D eigenvalue weighted by Crippen LogP contribution is -2.08. The highest BCUT2D eigenvalue weighted by molar-refractivity contribution is 7.98. The number of methoxy groups -OCH3 is 1. The van der Waals surface area contributed by atoms with Crippen LogP contribution in [0.25, 0.3) is 0 Å². The molecule has 1 aromatic heterocycles. The molecule has 0 saturated heterocycles. The van der Waals surface area contributed by atoms with E-state index in [-0.39, 0.29) is 15.6 Å². The Morgan fingerprint density at radius 2 is 1.90 bits per heavy atom. The number of benzene rings is 1. The molecule has 0 amide bonds. The van der Waals surface area contributed by atoms with E-state index in [4.69, 9.17) is 10.5 Å². The molecule has 0 aliphatic heterocycles. The maximum Gasteiger partial charge on any atom is 0.211 e. The van der Waals surface area contributed by atoms with E-state index in [1.807, 2.05) is 0 Å². The Balaban J connectivity index is 2.48. The zero-order chi connectivity index (χ0) is 14.8. The molecular weight excluding hydrogens is 298 g/mol. The number of thioether (sulfide) groups is 1. The Hall–Kier alpha value is -1.80. The number of aromatic nitrogens is 2. The Bertz CT molecular complexity index is 715. The van der Waals surface area contributed by atoms with Crippen molar-refractivity contribution in [3.05, 3.63) is 30.5 Å². The van der Waals surface area contributed by atoms with Crippen molar-refractivity contribution in [3.8, 4) is 5.75 Å². The number of anilines is 1. The highest BCUT2D eigenvalue weighted by Gasteiger charge is 2.22. The number of nitrogens with zero attached hydrogens (tertiary/aromatic N) is 2. The summed E-state index contributed by atoms with van der Waals surface area (Å²) < 4.78 is 29.9. The quantitative estimate of drug-likeness (QED) is 0.677. The van der Waals surface area contributed by atoms with Crippen LogP contribution in [-0.4, -0.2) is 31.8 Å². The summed E-state index contributed by atoms with van der Waals surface area (Å²) in [5, 5.41) is 0.427. The van der Waals surface area contributed by atoms with Crippen molar-refractivity contribution in [1.29, 1.82) is 0 Å². The fraction of sp³-hybridized carbons (Fsp3) is 0.167. The fourth-order valence-electron chi connectivity index (χ4n) is 1.55. The molecule has 0 unspecified atom stereocenters. The molecule has 106 valence electrons. The summed E-state index contributed by atoms with van der Waals surface area (Å²) in [6.45, 7) is 0. The fourth-order valence-corrected chi connectivity index (χ4v) is 3.16. The lowest BCUT2D eigenvalue weighted by atomic mass is 10.3. The van der Waals surface area contributed by atoms with Crippen LogP contribution in [0.2, 0.25) is 0 Å². The van der Waals surface area contributed by atoms with Crippen LogP contribution in [0.1, 0.15) is 0 Å². The lowest BCUT2D eigenvalue weighted by Gasteiger charge is -2.08. The van der Waals surface area contributed by atoms with Crippen LogP contribution in [0.4, 0.5) is 5.82 Å². The first-order chi connectivity index (χ1) is 9.48. The maximum absolute atomic E-state index is 12.4. The van der Waals surface area contributed by atoms with E-state index >= 15 is 0 Å². The third-order valence-corrected chi connectivity index (χ3v) is 4.95. The van der Waals surface area contributed by atoms with Gasteiger partial charge >= 0.3 is 0 Å². The lowest BCUT2D eigenvalue weighted by molar-refractivity contribution is 0.414. The van der Waals surface area contributed by atoms with Gasteiger partial charge in [-0.1, -0.05) is 11.8 Å². The normalized spacial score (nSPS) is 11.3. The van der Waals surface area contributed by atoms with Gasteiger partial charge in [-0.15, -0.1) is 0 Å². The zero-order valence-electron chi connectivity index (χ0n) is 10.9. The van der Waals surface area contributed by atoms with Gasteiger partial charge in [-0.3, -0.25) is 0 Å². The summed E-state index contributed by atoms with van der Waals surface area (Å²) >= 11 is 1.29. The molecule has 0 aliphatic rings. The van der Waals surface area contributed by atoms with Crippen LogP contribution < -0.4 is 10.5 Å². The van der Waals surface area contributed by atoms with Gasteiger partial charge in [0.05, 0.1) is 18.2 Å². The minimum Gasteiger partial charge on any atom is -0.497 e. The van der Waals surface area contributed by atoms with Crippen molar-refractivity contribution < 1.29 is 13.2 Å². The second-order valence-corrected chi connectivity index (χ2v) is 6.48. The van der Waals surface area contributed by atoms with Gasteiger partial charge in [0.2, 0.25) is 9.84 Å². The molecule has 2 N–H and O–H groups in total. The average molecular weight is 311 g/mol. The molecule has 2 aromatic rings. The van der Waals surface area contributed by atoms with Gasteiger partial charge in [-0.2, -0.15) is 0 Å². The van der Waals surface area contributed by atoms with Gasteiger partial charge in [-0.05, 0) is 30.5 Å². The van der Waals surface area contributed by atoms with E-state index in [1.54, 1.807) is 18.4 Å². The molecule has 0 spiro atoms. The zero-order valence-corrected chi connectivity index (χ0v) is 12.5. The van der Waals surface area contributed by atoms with E-state index in [2.05, 4.69) is 9.97 Å². The molecule has 2 rings (SSSR count). The maximum atomic E-state index is 12.4. The van der Waals surface area contributed by atoms with Crippen LogP contribution in [0, 0.1) is 0 Å². The van der Waals surface area contributed by atoms with Crippen LogP contribution in [0.3, 0.4) is 0 Å². The topological polar surface area (TPSA) is 95.2 Å². The number of ether oxygens (including phenoxy) is 1. The number of rotatable bonds is 4. The first kappa shape index (κ1) is 14.6. The van der Waals surface area contributed by atoms with Crippen molar-refractivity contribution in [2.24, 2.45) is 0 Å². The second kappa shape index (κ2) is 5.68. The number of nitrogen functional groups attached to an aromatic ring is 1. The van der Waals surface area contributed by atoms with Gasteiger partial charge in [0.1, 0.15) is 16.5 Å². The molecule has 8 heteroatoms. The van der Waals surface area contributed by atoms with Gasteiger partial charge in [0.15, 0.2) is 5.16 Å². The third kappa shape index (κ3) is 2.70. The molecule has 0 atom stereocenters. The van der Waals surface area contributed by atoms with Crippen molar-refractivity contribution in [1.82, 2.24) is 9.97 Å². The predicted octanol–water partition coefficient (Wildman–Crippen LogP) is 1.62. The number of nitrogens with two attached hydrogens (primary N) is 1. The van der Waals surface area contributed by atoms with E-state index in [0.29, 0.717) is 10.9 Å². The van der Waals surface area contributed by atoms with Gasteiger partial charge in [-0.25, -0.2) is 18.4 Å². The molecule has 6 nitrogen and oxygen atoms in total. The van der Waals surface area contributed by atoms with Gasteiger partial charge in [0.25, 0.3) is 0 Å². The number of hydrogen-bond donors (Lipinski definition) is 1. The standard InChI is InChI=1S/C12H13N3O3S2/c1-18-8-3-5-9(6-4-8)20(16,17)10-7-14-12(19-2)15-11(10)13/h3-7H,1-2H3,(H2,13,14,15). The number of hydrogen-bond acceptors (Lipinski definition) is 7. The second-order valence-electron chi connectivity index (χ2n) is 3.79. The van der Waals surface area contributed by atoms with E-state index in [9.17, 15) is 8.42 Å². The molecule has 1 heterocycles. The van der Waals surface area contributed by atoms with Gasteiger partial charge in [0, 0.05) is 0 Å². The predicted molar refractivity (Wildman–Crippen MR) is 76.7 cm³/mol. The van der Waals surface area contributed by atoms with Crippen molar-refractivity contribution in [2.45, 2.75) is 14.9 Å². The summed E-state index contributed by atoms with van der Waals surface area (Å²) in [7, 11) is -2.22. The Kier molecular flexibility index (Phi) is 4.15. The van der Waals surface area contributed by atoms with E-state index in [0.717, 1.165) is 0 Å². The largest absolute Gasteiger partial charge is 0.497 e. The van der Waals surface area contributed by atoms with Crippen molar-refractivity contribution in [3.63, 3.8) is 0 Å². The molecule has 0 fully saturated rings. The summed E-state index contributed by atoms with van der Waals surface area (Å²) in [5.74, 6) is 0.520. The summed E-state index contributed by atoms with van der Waals surface area (Å²) in [5.41, 5.74) is 5.71. The van der Waals surface area contributed by atoms with E-state index < -0.39 is 9.84 Å². The average Bonchev–Trinajstić information content (AvgIpc) is 2.46. The summed E-state index contributed by atoms with van der Waals surface area (Å²) in [4.78, 5) is 7.91. The Morgan fingerprint density at radius 1 is 1.25 bits per heavy atom. The highest BCUT2D eigenvalue weighted by Crippen LogP contribution is 2.26. The van der Waals surface area contributed by atoms with Gasteiger partial charge < -0.3 is 10.5 Å². The molecule has 20 heavy (non-hydrogen) atoms. The number of sulfone groups is 1. The van der Waals surface area contributed by atoms with Crippen LogP contribution in [0.5, 0.6) is 5.75 Å².